The highest BCUT2D eigenvalue weighted by atomic mass is 15.0. The summed E-state index contributed by atoms with van der Waals surface area (Å²) in [4.78, 5) is 4.39. The third kappa shape index (κ3) is 1.37. The van der Waals surface area contributed by atoms with Crippen molar-refractivity contribution in [1.82, 2.24) is 4.98 Å². The first-order chi connectivity index (χ1) is 6.70. The van der Waals surface area contributed by atoms with Crippen LogP contribution in [0.2, 0.25) is 0 Å². The summed E-state index contributed by atoms with van der Waals surface area (Å²) < 4.78 is 2.10. The van der Waals surface area contributed by atoms with Gasteiger partial charge in [0.05, 0.1) is 12.4 Å². The molecule has 0 N–H and O–H groups in total. The van der Waals surface area contributed by atoms with Gasteiger partial charge in [-0.3, -0.25) is 0 Å². The number of para-hydroxylation sites is 1. The van der Waals surface area contributed by atoms with Crippen LogP contribution in [0.1, 0.15) is 25.5 Å². The van der Waals surface area contributed by atoms with Crippen LogP contribution in [0.15, 0.2) is 30.6 Å². The Kier molecular flexibility index (Phi) is 2.20. The first kappa shape index (κ1) is 9.13. The molecule has 0 saturated carbocycles. The lowest BCUT2D eigenvalue weighted by Crippen LogP contribution is -2.34. The number of benzene rings is 1. The van der Waals surface area contributed by atoms with E-state index in [-0.39, 0.29) is 0 Å². The number of hydrogen-bond donors (Lipinski definition) is 0. The van der Waals surface area contributed by atoms with Gasteiger partial charge in [-0.05, 0) is 17.1 Å². The highest BCUT2D eigenvalue weighted by Crippen LogP contribution is 2.19. The molecule has 72 valence electrons. The van der Waals surface area contributed by atoms with Crippen molar-refractivity contribution in [1.29, 1.82) is 0 Å². The van der Waals surface area contributed by atoms with E-state index in [1.54, 1.807) is 0 Å². The zero-order valence-corrected chi connectivity index (χ0v) is 8.86. The Labute approximate surface area is 84.2 Å². The summed E-state index contributed by atoms with van der Waals surface area (Å²) in [5.74, 6) is 0.521. The van der Waals surface area contributed by atoms with Crippen molar-refractivity contribution >= 4 is 10.9 Å². The van der Waals surface area contributed by atoms with E-state index in [1.807, 2.05) is 12.4 Å². The fourth-order valence-electron chi connectivity index (χ4n) is 1.92. The van der Waals surface area contributed by atoms with Crippen LogP contribution in [0.4, 0.5) is 0 Å². The molecule has 1 aromatic carbocycles. The molecule has 0 aliphatic carbocycles. The zero-order chi connectivity index (χ0) is 10.1. The minimum absolute atomic E-state index is 0.521. The molecular weight excluding hydrogens is 172 g/mol. The minimum Gasteiger partial charge on any atom is -0.236 e. The molecule has 0 radical (unpaired) electrons. The lowest BCUT2D eigenvalue weighted by molar-refractivity contribution is -0.681. The first-order valence-corrected chi connectivity index (χ1v) is 4.93. The maximum atomic E-state index is 4.39. The fraction of sp³-hybridized carbons (Fsp3) is 0.333. The predicted molar refractivity (Wildman–Crippen MR) is 57.0 cm³/mol. The van der Waals surface area contributed by atoms with E-state index in [1.165, 1.54) is 11.1 Å². The molecule has 0 aliphatic rings. The second-order valence-electron chi connectivity index (χ2n) is 3.91. The first-order valence-electron chi connectivity index (χ1n) is 4.93. The van der Waals surface area contributed by atoms with Crippen molar-refractivity contribution in [2.75, 3.05) is 0 Å². The van der Waals surface area contributed by atoms with Crippen LogP contribution in [0.5, 0.6) is 0 Å². The number of nitrogens with zero attached hydrogens (tertiary/aromatic N) is 2. The van der Waals surface area contributed by atoms with Gasteiger partial charge in [-0.25, -0.2) is 4.57 Å². The monoisotopic (exact) mass is 187 g/mol. The number of rotatable bonds is 1. The average molecular weight is 187 g/mol. The van der Waals surface area contributed by atoms with Gasteiger partial charge < -0.3 is 0 Å². The van der Waals surface area contributed by atoms with Crippen LogP contribution in [-0.4, -0.2) is 4.98 Å². The largest absolute Gasteiger partial charge is 0.286 e. The van der Waals surface area contributed by atoms with E-state index >= 15 is 0 Å². The highest BCUT2D eigenvalue weighted by molar-refractivity contribution is 5.79. The van der Waals surface area contributed by atoms with Gasteiger partial charge in [0, 0.05) is 5.92 Å². The summed E-state index contributed by atoms with van der Waals surface area (Å²) in [7, 11) is 2.05. The van der Waals surface area contributed by atoms with Gasteiger partial charge in [-0.1, -0.05) is 26.0 Å². The Morgan fingerprint density at radius 2 is 1.93 bits per heavy atom. The van der Waals surface area contributed by atoms with Crippen LogP contribution in [0, 0.1) is 0 Å². The number of fused-ring (bicyclic) bond motifs is 1. The molecular formula is C12H15N2+. The summed E-state index contributed by atoms with van der Waals surface area (Å²) in [5, 5.41) is 1.26. The fourth-order valence-corrected chi connectivity index (χ4v) is 1.92. The van der Waals surface area contributed by atoms with Crippen molar-refractivity contribution < 1.29 is 4.57 Å². The molecule has 0 amide bonds. The Hall–Kier alpha value is -1.44. The summed E-state index contributed by atoms with van der Waals surface area (Å²) in [6.45, 7) is 4.42. The van der Waals surface area contributed by atoms with Crippen LogP contribution in [-0.2, 0) is 7.05 Å². The van der Waals surface area contributed by atoms with Gasteiger partial charge in [0.2, 0.25) is 0 Å². The predicted octanol–water partition coefficient (Wildman–Crippen LogP) is 2.18. The van der Waals surface area contributed by atoms with E-state index < -0.39 is 0 Å². The minimum atomic E-state index is 0.521. The second kappa shape index (κ2) is 3.37. The number of hydrogen-bond acceptors (Lipinski definition) is 1. The molecule has 2 heteroatoms. The Balaban J connectivity index is 2.83. The molecule has 0 bridgehead atoms. The van der Waals surface area contributed by atoms with Crippen molar-refractivity contribution in [2.24, 2.45) is 7.05 Å². The molecule has 1 heterocycles. The molecule has 0 spiro atoms. The smallest absolute Gasteiger partial charge is 0.236 e. The van der Waals surface area contributed by atoms with Crippen LogP contribution in [0.25, 0.3) is 10.9 Å². The summed E-state index contributed by atoms with van der Waals surface area (Å²) >= 11 is 0. The van der Waals surface area contributed by atoms with Gasteiger partial charge in [0.15, 0.2) is 5.52 Å². The normalized spacial score (nSPS) is 11.1. The molecule has 1 aromatic heterocycles. The lowest BCUT2D eigenvalue weighted by atomic mass is 10.0. The van der Waals surface area contributed by atoms with Gasteiger partial charge in [-0.15, -0.1) is 0 Å². The molecule has 0 aliphatic heterocycles. The lowest BCUT2D eigenvalue weighted by Gasteiger charge is -2.07. The SMILES string of the molecule is CC(C)c1c2ccccc2nc[n+]1C. The zero-order valence-electron chi connectivity index (χ0n) is 8.86. The molecule has 0 saturated heterocycles. The van der Waals surface area contributed by atoms with Gasteiger partial charge in [-0.2, -0.15) is 0 Å². The van der Waals surface area contributed by atoms with Crippen molar-refractivity contribution in [3.05, 3.63) is 36.3 Å². The third-order valence-electron chi connectivity index (χ3n) is 2.48. The maximum absolute atomic E-state index is 4.39. The average Bonchev–Trinajstić information content (AvgIpc) is 2.17. The standard InChI is InChI=1S/C12H15N2/c1-9(2)12-10-6-4-5-7-11(10)13-8-14(12)3/h4-9H,1-3H3/q+1. The molecule has 2 aromatic rings. The van der Waals surface area contributed by atoms with Crippen molar-refractivity contribution in [2.45, 2.75) is 19.8 Å². The number of aromatic nitrogens is 2. The number of aryl methyl sites for hydroxylation is 1. The summed E-state index contributed by atoms with van der Waals surface area (Å²) in [5.41, 5.74) is 2.42. The van der Waals surface area contributed by atoms with E-state index in [9.17, 15) is 0 Å². The molecule has 14 heavy (non-hydrogen) atoms. The molecule has 0 fully saturated rings. The van der Waals surface area contributed by atoms with E-state index in [4.69, 9.17) is 0 Å². The molecule has 0 atom stereocenters. The maximum Gasteiger partial charge on any atom is 0.286 e. The molecule has 2 nitrogen and oxygen atoms in total. The topological polar surface area (TPSA) is 16.8 Å². The van der Waals surface area contributed by atoms with Crippen molar-refractivity contribution in [3.63, 3.8) is 0 Å². The van der Waals surface area contributed by atoms with Gasteiger partial charge in [0.1, 0.15) is 5.69 Å². The molecule has 0 unspecified atom stereocenters. The Morgan fingerprint density at radius 1 is 1.21 bits per heavy atom. The van der Waals surface area contributed by atoms with Gasteiger partial charge in [0.25, 0.3) is 6.33 Å². The third-order valence-corrected chi connectivity index (χ3v) is 2.48. The summed E-state index contributed by atoms with van der Waals surface area (Å²) in [6, 6.07) is 8.29. The van der Waals surface area contributed by atoms with E-state index in [0.717, 1.165) is 5.52 Å². The van der Waals surface area contributed by atoms with Crippen LogP contribution < -0.4 is 4.57 Å². The highest BCUT2D eigenvalue weighted by Gasteiger charge is 2.14. The van der Waals surface area contributed by atoms with Crippen molar-refractivity contribution in [3.8, 4) is 0 Å². The van der Waals surface area contributed by atoms with E-state index in [0.29, 0.717) is 5.92 Å². The van der Waals surface area contributed by atoms with Crippen LogP contribution >= 0.6 is 0 Å². The summed E-state index contributed by atoms with van der Waals surface area (Å²) in [6.07, 6.45) is 1.89. The Bertz CT molecular complexity index is 461. The second-order valence-corrected chi connectivity index (χ2v) is 3.91. The van der Waals surface area contributed by atoms with E-state index in [2.05, 4.69) is 48.6 Å². The molecule has 2 rings (SSSR count). The van der Waals surface area contributed by atoms with Crippen LogP contribution in [0.3, 0.4) is 0 Å². The quantitative estimate of drug-likeness (QED) is 0.625. The Morgan fingerprint density at radius 3 is 2.64 bits per heavy atom. The van der Waals surface area contributed by atoms with Gasteiger partial charge >= 0.3 is 0 Å².